The Hall–Kier alpha value is -1.61. The zero-order chi connectivity index (χ0) is 13.4. The Labute approximate surface area is 106 Å². The molecule has 18 heavy (non-hydrogen) atoms. The van der Waals surface area contributed by atoms with Gasteiger partial charge >= 0.3 is 5.97 Å². The summed E-state index contributed by atoms with van der Waals surface area (Å²) in [6.07, 6.45) is 2.98. The Bertz CT molecular complexity index is 331. The number of rotatable bonds is 7. The minimum Gasteiger partial charge on any atom is -0.480 e. The van der Waals surface area contributed by atoms with Gasteiger partial charge in [-0.3, -0.25) is 4.79 Å². The summed E-state index contributed by atoms with van der Waals surface area (Å²) < 4.78 is 5.19. The molecule has 1 aliphatic heterocycles. The molecule has 0 aliphatic carbocycles. The van der Waals surface area contributed by atoms with E-state index < -0.39 is 18.1 Å². The second-order valence-corrected chi connectivity index (χ2v) is 4.30. The quantitative estimate of drug-likeness (QED) is 0.655. The number of hydrogen-bond acceptors (Lipinski definition) is 4. The maximum atomic E-state index is 11.7. The van der Waals surface area contributed by atoms with Crippen LogP contribution in [-0.2, 0) is 14.3 Å². The zero-order valence-corrected chi connectivity index (χ0v) is 10.2. The predicted molar refractivity (Wildman–Crippen MR) is 62.6 cm³/mol. The summed E-state index contributed by atoms with van der Waals surface area (Å²) in [6, 6.07) is 1.11. The molecule has 1 saturated heterocycles. The molecule has 1 amide bonds. The van der Waals surface area contributed by atoms with E-state index in [4.69, 9.17) is 15.1 Å². The predicted octanol–water partition coefficient (Wildman–Crippen LogP) is 0.819. The highest BCUT2D eigenvalue weighted by molar-refractivity contribution is 5.86. The molecule has 0 aromatic heterocycles. The van der Waals surface area contributed by atoms with Crippen molar-refractivity contribution in [3.05, 3.63) is 0 Å². The van der Waals surface area contributed by atoms with Gasteiger partial charge in [-0.15, -0.1) is 0 Å². The van der Waals surface area contributed by atoms with E-state index in [9.17, 15) is 9.59 Å². The first-order chi connectivity index (χ1) is 8.65. The van der Waals surface area contributed by atoms with E-state index in [1.807, 2.05) is 6.07 Å². The van der Waals surface area contributed by atoms with Crippen molar-refractivity contribution in [3.63, 3.8) is 0 Å². The van der Waals surface area contributed by atoms with E-state index in [2.05, 4.69) is 5.32 Å². The number of carboxylic acid groups (broad SMARTS) is 1. The minimum atomic E-state index is -1.04. The molecule has 0 bridgehead atoms. The summed E-state index contributed by atoms with van der Waals surface area (Å²) >= 11 is 0. The van der Waals surface area contributed by atoms with Crippen LogP contribution in [0.5, 0.6) is 0 Å². The van der Waals surface area contributed by atoms with Crippen LogP contribution in [0.2, 0.25) is 0 Å². The van der Waals surface area contributed by atoms with Crippen LogP contribution in [0, 0.1) is 11.3 Å². The van der Waals surface area contributed by atoms with Gasteiger partial charge in [0.05, 0.1) is 6.07 Å². The van der Waals surface area contributed by atoms with E-state index in [0.29, 0.717) is 38.7 Å². The molecule has 2 atom stereocenters. The number of carboxylic acids is 1. The fourth-order valence-electron chi connectivity index (χ4n) is 1.86. The maximum absolute atomic E-state index is 11.7. The molecule has 0 radical (unpaired) electrons. The monoisotopic (exact) mass is 254 g/mol. The standard InChI is InChI=1S/C12H18N2O4/c13-7-3-1-2-5-9(12(16)17)14-11(15)10-6-4-8-18-10/h9-10H,1-6,8H2,(H,14,15)(H,16,17)/t9-,10+/m0/s1. The Balaban J connectivity index is 2.34. The second kappa shape index (κ2) is 7.67. The zero-order valence-electron chi connectivity index (χ0n) is 10.2. The number of nitrogens with one attached hydrogen (secondary N) is 1. The number of unbranched alkanes of at least 4 members (excludes halogenated alkanes) is 2. The van der Waals surface area contributed by atoms with Gasteiger partial charge in [-0.25, -0.2) is 4.79 Å². The molecule has 0 aromatic rings. The maximum Gasteiger partial charge on any atom is 0.326 e. The third-order valence-electron chi connectivity index (χ3n) is 2.87. The van der Waals surface area contributed by atoms with Gasteiger partial charge in [-0.2, -0.15) is 5.26 Å². The first kappa shape index (κ1) is 14.5. The van der Waals surface area contributed by atoms with E-state index in [1.54, 1.807) is 0 Å². The van der Waals surface area contributed by atoms with E-state index in [1.165, 1.54) is 0 Å². The van der Waals surface area contributed by atoms with Crippen molar-refractivity contribution in [3.8, 4) is 6.07 Å². The van der Waals surface area contributed by atoms with Gasteiger partial charge in [0, 0.05) is 13.0 Å². The third-order valence-corrected chi connectivity index (χ3v) is 2.87. The second-order valence-electron chi connectivity index (χ2n) is 4.30. The number of amides is 1. The van der Waals surface area contributed by atoms with Gasteiger partial charge < -0.3 is 15.2 Å². The molecule has 1 rings (SSSR count). The normalized spacial score (nSPS) is 20.1. The van der Waals surface area contributed by atoms with Crippen LogP contribution in [0.3, 0.4) is 0 Å². The summed E-state index contributed by atoms with van der Waals surface area (Å²) in [6.45, 7) is 0.554. The van der Waals surface area contributed by atoms with E-state index in [0.717, 1.165) is 6.42 Å². The highest BCUT2D eigenvalue weighted by atomic mass is 16.5. The summed E-state index contributed by atoms with van der Waals surface area (Å²) in [4.78, 5) is 22.7. The average Bonchev–Trinajstić information content (AvgIpc) is 2.86. The van der Waals surface area contributed by atoms with Gasteiger partial charge in [0.2, 0.25) is 5.91 Å². The molecule has 1 heterocycles. The van der Waals surface area contributed by atoms with Gasteiger partial charge in [0.1, 0.15) is 12.1 Å². The van der Waals surface area contributed by atoms with Crippen LogP contribution in [0.25, 0.3) is 0 Å². The van der Waals surface area contributed by atoms with Crippen molar-refractivity contribution < 1.29 is 19.4 Å². The molecule has 0 unspecified atom stereocenters. The number of ether oxygens (including phenoxy) is 1. The first-order valence-corrected chi connectivity index (χ1v) is 6.17. The summed E-state index contributed by atoms with van der Waals surface area (Å²) in [5.74, 6) is -1.39. The largest absolute Gasteiger partial charge is 0.480 e. The van der Waals surface area contributed by atoms with Gasteiger partial charge in [-0.1, -0.05) is 0 Å². The summed E-state index contributed by atoms with van der Waals surface area (Å²) in [7, 11) is 0. The fraction of sp³-hybridized carbons (Fsp3) is 0.750. The van der Waals surface area contributed by atoms with Crippen LogP contribution >= 0.6 is 0 Å². The number of carbonyl (C=O) groups is 2. The fourth-order valence-corrected chi connectivity index (χ4v) is 1.86. The topological polar surface area (TPSA) is 99.4 Å². The molecule has 0 aromatic carbocycles. The number of nitriles is 1. The Morgan fingerprint density at radius 2 is 2.28 bits per heavy atom. The molecular formula is C12H18N2O4. The van der Waals surface area contributed by atoms with E-state index in [-0.39, 0.29) is 5.91 Å². The third kappa shape index (κ3) is 4.72. The minimum absolute atomic E-state index is 0.343. The molecule has 2 N–H and O–H groups in total. The van der Waals surface area contributed by atoms with E-state index >= 15 is 0 Å². The van der Waals surface area contributed by atoms with Crippen molar-refractivity contribution >= 4 is 11.9 Å². The van der Waals surface area contributed by atoms with Crippen LogP contribution in [0.4, 0.5) is 0 Å². The first-order valence-electron chi connectivity index (χ1n) is 6.17. The van der Waals surface area contributed by atoms with Crippen LogP contribution in [0.15, 0.2) is 0 Å². The molecule has 1 fully saturated rings. The van der Waals surface area contributed by atoms with Crippen LogP contribution < -0.4 is 5.32 Å². The average molecular weight is 254 g/mol. The Morgan fingerprint density at radius 3 is 2.83 bits per heavy atom. The van der Waals surface area contributed by atoms with Gasteiger partial charge in [0.15, 0.2) is 0 Å². The lowest BCUT2D eigenvalue weighted by Crippen LogP contribution is -2.45. The van der Waals surface area contributed by atoms with Crippen molar-refractivity contribution in [2.45, 2.75) is 50.7 Å². The van der Waals surface area contributed by atoms with Crippen molar-refractivity contribution in [1.82, 2.24) is 5.32 Å². The molecule has 6 nitrogen and oxygen atoms in total. The molecule has 100 valence electrons. The lowest BCUT2D eigenvalue weighted by Gasteiger charge is -2.16. The number of carbonyl (C=O) groups excluding carboxylic acids is 1. The smallest absolute Gasteiger partial charge is 0.326 e. The molecular weight excluding hydrogens is 236 g/mol. The summed E-state index contributed by atoms with van der Waals surface area (Å²) in [5.41, 5.74) is 0. The summed E-state index contributed by atoms with van der Waals surface area (Å²) in [5, 5.41) is 19.9. The highest BCUT2D eigenvalue weighted by Gasteiger charge is 2.27. The lowest BCUT2D eigenvalue weighted by molar-refractivity contribution is -0.143. The number of nitrogens with zero attached hydrogens (tertiary/aromatic N) is 1. The van der Waals surface area contributed by atoms with Crippen molar-refractivity contribution in [1.29, 1.82) is 5.26 Å². The van der Waals surface area contributed by atoms with Crippen LogP contribution in [0.1, 0.15) is 38.5 Å². The number of aliphatic carboxylic acids is 1. The van der Waals surface area contributed by atoms with Crippen LogP contribution in [-0.4, -0.2) is 35.7 Å². The molecule has 0 saturated carbocycles. The van der Waals surface area contributed by atoms with Crippen molar-refractivity contribution in [2.24, 2.45) is 0 Å². The Morgan fingerprint density at radius 1 is 1.50 bits per heavy atom. The van der Waals surface area contributed by atoms with Gasteiger partial charge in [0.25, 0.3) is 0 Å². The Kier molecular flexibility index (Phi) is 6.15. The molecule has 1 aliphatic rings. The molecule has 0 spiro atoms. The van der Waals surface area contributed by atoms with Crippen molar-refractivity contribution in [2.75, 3.05) is 6.61 Å². The molecule has 6 heteroatoms. The SMILES string of the molecule is N#CCCCC[C@H](NC(=O)[C@H]1CCCO1)C(=O)O. The number of hydrogen-bond donors (Lipinski definition) is 2. The van der Waals surface area contributed by atoms with Gasteiger partial charge in [-0.05, 0) is 32.1 Å². The lowest BCUT2D eigenvalue weighted by atomic mass is 10.1. The highest BCUT2D eigenvalue weighted by Crippen LogP contribution is 2.13.